The molecular formula is C17H23N3O4. The third-order valence-electron chi connectivity index (χ3n) is 6.53. The molecule has 7 nitrogen and oxygen atoms in total. The number of carbonyl (C=O) groups is 1. The Hall–Kier alpha value is -2.18. The van der Waals surface area contributed by atoms with Crippen LogP contribution in [0, 0.1) is 16.7 Å². The minimum atomic E-state index is -0.625. The van der Waals surface area contributed by atoms with E-state index in [4.69, 9.17) is 0 Å². The number of Topliss-reactive ketones (excluding diaryl/α,β-unsaturated/α-hetero) is 1. The summed E-state index contributed by atoms with van der Waals surface area (Å²) >= 11 is 0. The van der Waals surface area contributed by atoms with Crippen molar-refractivity contribution in [3.63, 3.8) is 0 Å². The van der Waals surface area contributed by atoms with Gasteiger partial charge in [-0.3, -0.25) is 23.7 Å². The van der Waals surface area contributed by atoms with Crippen molar-refractivity contribution in [3.8, 4) is 5.88 Å². The number of carbonyl (C=O) groups excluding carboxylic acids is 1. The highest BCUT2D eigenvalue weighted by molar-refractivity contribution is 5.96. The first kappa shape index (κ1) is 16.7. The summed E-state index contributed by atoms with van der Waals surface area (Å²) in [6.07, 6.45) is 3.04. The van der Waals surface area contributed by atoms with Crippen molar-refractivity contribution < 1.29 is 9.90 Å². The predicted octanol–water partition coefficient (Wildman–Crippen LogP) is 0.602. The zero-order valence-corrected chi connectivity index (χ0v) is 14.7. The van der Waals surface area contributed by atoms with E-state index >= 15 is 0 Å². The van der Waals surface area contributed by atoms with Gasteiger partial charge in [0, 0.05) is 25.7 Å². The quantitative estimate of drug-likeness (QED) is 0.802. The Morgan fingerprint density at radius 2 is 1.79 bits per heavy atom. The third kappa shape index (κ3) is 1.84. The summed E-state index contributed by atoms with van der Waals surface area (Å²) in [5.41, 5.74) is -1.84. The zero-order chi connectivity index (χ0) is 18.0. The lowest BCUT2D eigenvalue weighted by Crippen LogP contribution is -2.39. The van der Waals surface area contributed by atoms with Gasteiger partial charge in [0.1, 0.15) is 11.6 Å². The summed E-state index contributed by atoms with van der Waals surface area (Å²) in [6.45, 7) is 6.19. The lowest BCUT2D eigenvalue weighted by Gasteiger charge is -2.31. The lowest BCUT2D eigenvalue weighted by atomic mass is 9.70. The second-order valence-electron chi connectivity index (χ2n) is 7.73. The molecule has 7 heteroatoms. The predicted molar refractivity (Wildman–Crippen MR) is 89.6 cm³/mol. The average Bonchev–Trinajstić information content (AvgIpc) is 2.84. The Balaban J connectivity index is 2.04. The summed E-state index contributed by atoms with van der Waals surface area (Å²) in [7, 11) is 2.72. The van der Waals surface area contributed by atoms with Crippen molar-refractivity contribution in [1.29, 1.82) is 0 Å². The van der Waals surface area contributed by atoms with Crippen molar-refractivity contribution >= 4 is 12.0 Å². The number of aromatic nitrogens is 2. The summed E-state index contributed by atoms with van der Waals surface area (Å²) in [5, 5.41) is 10.1. The van der Waals surface area contributed by atoms with Gasteiger partial charge in [-0.15, -0.1) is 0 Å². The van der Waals surface area contributed by atoms with E-state index in [1.54, 1.807) is 0 Å². The van der Waals surface area contributed by atoms with Crippen molar-refractivity contribution in [2.75, 3.05) is 0 Å². The fourth-order valence-corrected chi connectivity index (χ4v) is 4.34. The van der Waals surface area contributed by atoms with Crippen molar-refractivity contribution in [2.45, 2.75) is 39.7 Å². The number of aromatic hydroxyl groups is 1. The van der Waals surface area contributed by atoms with Gasteiger partial charge in [0.2, 0.25) is 5.88 Å². The molecule has 0 radical (unpaired) electrons. The van der Waals surface area contributed by atoms with E-state index in [0.29, 0.717) is 0 Å². The molecule has 0 amide bonds. The van der Waals surface area contributed by atoms with Gasteiger partial charge >= 0.3 is 5.69 Å². The monoisotopic (exact) mass is 333 g/mol. The molecule has 0 aromatic carbocycles. The summed E-state index contributed by atoms with van der Waals surface area (Å²) in [6, 6.07) is -0.500. The fraction of sp³-hybridized carbons (Fsp3) is 0.647. The number of aliphatic imine (C=N–C) groups is 1. The van der Waals surface area contributed by atoms with Gasteiger partial charge in [-0.1, -0.05) is 20.8 Å². The number of nitrogens with zero attached hydrogens (tertiary/aromatic N) is 3. The topological polar surface area (TPSA) is 93.7 Å². The fourth-order valence-electron chi connectivity index (χ4n) is 4.34. The number of hydrogen-bond donors (Lipinski definition) is 1. The van der Waals surface area contributed by atoms with Crippen LogP contribution < -0.4 is 11.2 Å². The molecule has 0 aliphatic heterocycles. The summed E-state index contributed by atoms with van der Waals surface area (Å²) in [5.74, 6) is -0.209. The van der Waals surface area contributed by atoms with Crippen LogP contribution in [0.3, 0.4) is 0 Å². The van der Waals surface area contributed by atoms with Crippen LogP contribution >= 0.6 is 0 Å². The molecule has 2 fully saturated rings. The molecule has 1 aromatic rings. The van der Waals surface area contributed by atoms with Gasteiger partial charge in [-0.2, -0.15) is 0 Å². The van der Waals surface area contributed by atoms with Gasteiger partial charge in [0.25, 0.3) is 5.56 Å². The van der Waals surface area contributed by atoms with Crippen LogP contribution in [0.5, 0.6) is 5.88 Å². The van der Waals surface area contributed by atoms with E-state index in [0.717, 1.165) is 22.0 Å². The molecule has 1 heterocycles. The van der Waals surface area contributed by atoms with E-state index in [-0.39, 0.29) is 22.7 Å². The van der Waals surface area contributed by atoms with Crippen LogP contribution in [-0.4, -0.2) is 32.3 Å². The van der Waals surface area contributed by atoms with Gasteiger partial charge in [-0.05, 0) is 24.2 Å². The highest BCUT2D eigenvalue weighted by Gasteiger charge is 2.66. The third-order valence-corrected chi connectivity index (χ3v) is 6.53. The van der Waals surface area contributed by atoms with Crippen LogP contribution in [0.4, 0.5) is 0 Å². The number of ketones is 1. The number of hydrogen-bond acceptors (Lipinski definition) is 5. The number of rotatable bonds is 2. The summed E-state index contributed by atoms with van der Waals surface area (Å²) < 4.78 is 1.89. The normalized spacial score (nSPS) is 31.3. The second kappa shape index (κ2) is 4.91. The van der Waals surface area contributed by atoms with E-state index in [1.165, 1.54) is 20.3 Å². The maximum Gasteiger partial charge on any atom is 0.333 e. The van der Waals surface area contributed by atoms with Crippen molar-refractivity contribution in [3.05, 3.63) is 26.4 Å². The maximum absolute atomic E-state index is 12.8. The second-order valence-corrected chi connectivity index (χ2v) is 7.73. The van der Waals surface area contributed by atoms with Crippen LogP contribution in [0.15, 0.2) is 14.6 Å². The Bertz CT molecular complexity index is 877. The van der Waals surface area contributed by atoms with Gasteiger partial charge in [-0.25, -0.2) is 4.79 Å². The van der Waals surface area contributed by atoms with Crippen molar-refractivity contribution in [1.82, 2.24) is 9.13 Å². The van der Waals surface area contributed by atoms with Crippen LogP contribution in [0.2, 0.25) is 0 Å². The Morgan fingerprint density at radius 3 is 2.33 bits per heavy atom. The molecule has 0 saturated heterocycles. The van der Waals surface area contributed by atoms with Crippen LogP contribution in [-0.2, 0) is 18.9 Å². The first-order valence-electron chi connectivity index (χ1n) is 8.10. The average molecular weight is 333 g/mol. The van der Waals surface area contributed by atoms with Crippen LogP contribution in [0.25, 0.3) is 0 Å². The van der Waals surface area contributed by atoms with E-state index in [1.807, 2.05) is 6.92 Å². The SMILES string of the molecule is Cn1c(O)c(C=N[C@H]2C(=O)[C@@]3(C)CC[C@@H]2C3(C)C)c(=O)n(C)c1=O. The molecule has 2 aliphatic carbocycles. The van der Waals surface area contributed by atoms with E-state index < -0.39 is 28.6 Å². The highest BCUT2D eigenvalue weighted by Crippen LogP contribution is 2.64. The number of fused-ring (bicyclic) bond motifs is 2. The van der Waals surface area contributed by atoms with Gasteiger partial charge in [0.05, 0.1) is 0 Å². The smallest absolute Gasteiger partial charge is 0.333 e. The maximum atomic E-state index is 12.8. The highest BCUT2D eigenvalue weighted by atomic mass is 16.3. The molecule has 3 rings (SSSR count). The molecule has 0 spiro atoms. The molecule has 0 unspecified atom stereocenters. The minimum absolute atomic E-state index is 0.0712. The van der Waals surface area contributed by atoms with Crippen molar-refractivity contribution in [2.24, 2.45) is 35.8 Å². The molecule has 2 saturated carbocycles. The molecule has 1 aromatic heterocycles. The Morgan fingerprint density at radius 1 is 1.17 bits per heavy atom. The van der Waals surface area contributed by atoms with E-state index in [9.17, 15) is 19.5 Å². The molecule has 130 valence electrons. The lowest BCUT2D eigenvalue weighted by molar-refractivity contribution is -0.129. The molecule has 24 heavy (non-hydrogen) atoms. The van der Waals surface area contributed by atoms with Gasteiger partial charge < -0.3 is 5.11 Å². The Labute approximate surface area is 139 Å². The molecule has 2 aliphatic rings. The first-order valence-corrected chi connectivity index (χ1v) is 8.10. The molecule has 1 N–H and O–H groups in total. The largest absolute Gasteiger partial charge is 0.494 e. The van der Waals surface area contributed by atoms with Gasteiger partial charge in [0.15, 0.2) is 5.78 Å². The van der Waals surface area contributed by atoms with Crippen LogP contribution in [0.1, 0.15) is 39.2 Å². The molecular weight excluding hydrogens is 310 g/mol. The molecule has 3 atom stereocenters. The first-order chi connectivity index (χ1) is 11.0. The summed E-state index contributed by atoms with van der Waals surface area (Å²) in [4.78, 5) is 41.1. The Kier molecular flexibility index (Phi) is 3.41. The standard InChI is InChI=1S/C17H23N3O4/c1-16(2)10-6-7-17(16,3)12(21)11(10)18-8-9-13(22)19(4)15(24)20(5)14(9)23/h8,10-11,22H,6-7H2,1-5H3/t10-,11+,17+/m0/s1. The minimum Gasteiger partial charge on any atom is -0.494 e. The molecule has 2 bridgehead atoms. The van der Waals surface area contributed by atoms with E-state index in [2.05, 4.69) is 18.8 Å². The zero-order valence-electron chi connectivity index (χ0n) is 14.7.